The SMILES string of the molecule is Cc1[nH]c2c(O)ccc([N+](=O)[O-])c2c1CCC(=O)O. The van der Waals surface area contributed by atoms with E-state index in [9.17, 15) is 20.0 Å². The Labute approximate surface area is 107 Å². The summed E-state index contributed by atoms with van der Waals surface area (Å²) in [5.41, 5.74) is 1.31. The van der Waals surface area contributed by atoms with E-state index in [2.05, 4.69) is 4.98 Å². The average Bonchev–Trinajstić information content (AvgIpc) is 2.64. The van der Waals surface area contributed by atoms with Crippen LogP contribution < -0.4 is 0 Å². The van der Waals surface area contributed by atoms with E-state index >= 15 is 0 Å². The normalized spacial score (nSPS) is 10.8. The molecule has 0 radical (unpaired) electrons. The Morgan fingerprint density at radius 2 is 2.16 bits per heavy atom. The van der Waals surface area contributed by atoms with Crippen LogP contribution in [0.2, 0.25) is 0 Å². The zero-order chi connectivity index (χ0) is 14.2. The van der Waals surface area contributed by atoms with E-state index < -0.39 is 10.9 Å². The molecule has 0 bridgehead atoms. The predicted octanol–water partition coefficient (Wildman–Crippen LogP) is 2.11. The van der Waals surface area contributed by atoms with Crippen molar-refractivity contribution >= 4 is 22.6 Å². The number of aromatic nitrogens is 1. The lowest BCUT2D eigenvalue weighted by atomic mass is 10.0. The number of benzene rings is 1. The van der Waals surface area contributed by atoms with E-state index in [1.807, 2.05) is 0 Å². The average molecular weight is 264 g/mol. The van der Waals surface area contributed by atoms with Crippen LogP contribution in [0.5, 0.6) is 5.75 Å². The first-order valence-electron chi connectivity index (χ1n) is 5.61. The number of nitrogens with zero attached hydrogens (tertiary/aromatic N) is 1. The number of fused-ring (bicyclic) bond motifs is 1. The number of carbonyl (C=O) groups is 1. The number of phenols is 1. The van der Waals surface area contributed by atoms with Crippen LogP contribution in [0.25, 0.3) is 10.9 Å². The van der Waals surface area contributed by atoms with Crippen LogP contribution in [-0.4, -0.2) is 26.1 Å². The molecule has 1 heterocycles. The molecule has 1 aromatic heterocycles. The minimum absolute atomic E-state index is 0.0923. The van der Waals surface area contributed by atoms with Crippen molar-refractivity contribution in [1.29, 1.82) is 0 Å². The minimum Gasteiger partial charge on any atom is -0.506 e. The van der Waals surface area contributed by atoms with Crippen molar-refractivity contribution in [2.75, 3.05) is 0 Å². The second kappa shape index (κ2) is 4.60. The summed E-state index contributed by atoms with van der Waals surface area (Å²) in [6.07, 6.45) is 0.0477. The fourth-order valence-corrected chi connectivity index (χ4v) is 2.16. The molecule has 7 nitrogen and oxygen atoms in total. The fourth-order valence-electron chi connectivity index (χ4n) is 2.16. The molecule has 3 N–H and O–H groups in total. The Hall–Kier alpha value is -2.57. The lowest BCUT2D eigenvalue weighted by Crippen LogP contribution is -1.99. The standard InChI is InChI=1S/C12H12N2O5/c1-6-7(2-5-10(16)17)11-8(14(18)19)3-4-9(15)12(11)13-6/h3-4,13,15H,2,5H2,1H3,(H,16,17). The van der Waals surface area contributed by atoms with Crippen LogP contribution in [-0.2, 0) is 11.2 Å². The molecule has 100 valence electrons. The Morgan fingerprint density at radius 3 is 2.74 bits per heavy atom. The van der Waals surface area contributed by atoms with Crippen LogP contribution in [0.15, 0.2) is 12.1 Å². The molecular formula is C12H12N2O5. The molecule has 0 saturated carbocycles. The van der Waals surface area contributed by atoms with Gasteiger partial charge in [0, 0.05) is 18.2 Å². The highest BCUT2D eigenvalue weighted by Crippen LogP contribution is 2.36. The molecule has 0 aliphatic rings. The summed E-state index contributed by atoms with van der Waals surface area (Å²) >= 11 is 0. The predicted molar refractivity (Wildman–Crippen MR) is 67.3 cm³/mol. The Morgan fingerprint density at radius 1 is 1.47 bits per heavy atom. The number of carboxylic acid groups (broad SMARTS) is 1. The number of hydrogen-bond acceptors (Lipinski definition) is 4. The van der Waals surface area contributed by atoms with Crippen LogP contribution in [0.1, 0.15) is 17.7 Å². The van der Waals surface area contributed by atoms with Gasteiger partial charge in [-0.3, -0.25) is 14.9 Å². The third-order valence-corrected chi connectivity index (χ3v) is 3.01. The quantitative estimate of drug-likeness (QED) is 0.577. The van der Waals surface area contributed by atoms with Gasteiger partial charge in [-0.2, -0.15) is 0 Å². The van der Waals surface area contributed by atoms with Crippen LogP contribution in [0, 0.1) is 17.0 Å². The maximum atomic E-state index is 11.0. The number of aromatic amines is 1. The highest BCUT2D eigenvalue weighted by Gasteiger charge is 2.21. The molecule has 19 heavy (non-hydrogen) atoms. The molecule has 0 atom stereocenters. The number of aromatic hydroxyl groups is 1. The Balaban J connectivity index is 2.68. The number of nitro groups is 1. The zero-order valence-electron chi connectivity index (χ0n) is 10.1. The van der Waals surface area contributed by atoms with Gasteiger partial charge in [-0.05, 0) is 25.0 Å². The molecule has 0 aliphatic carbocycles. The van der Waals surface area contributed by atoms with E-state index in [-0.39, 0.29) is 35.2 Å². The van der Waals surface area contributed by atoms with Gasteiger partial charge in [-0.25, -0.2) is 0 Å². The van der Waals surface area contributed by atoms with Crippen molar-refractivity contribution in [3.8, 4) is 5.75 Å². The lowest BCUT2D eigenvalue weighted by molar-refractivity contribution is -0.383. The maximum Gasteiger partial charge on any atom is 0.303 e. The zero-order valence-corrected chi connectivity index (χ0v) is 10.1. The maximum absolute atomic E-state index is 11.0. The van der Waals surface area contributed by atoms with Gasteiger partial charge in [0.15, 0.2) is 0 Å². The van der Waals surface area contributed by atoms with Gasteiger partial charge in [0.25, 0.3) is 5.69 Å². The van der Waals surface area contributed by atoms with Gasteiger partial charge in [-0.15, -0.1) is 0 Å². The monoisotopic (exact) mass is 264 g/mol. The molecular weight excluding hydrogens is 252 g/mol. The summed E-state index contributed by atoms with van der Waals surface area (Å²) in [6.45, 7) is 1.69. The number of H-pyrrole nitrogens is 1. The molecule has 0 fully saturated rings. The van der Waals surface area contributed by atoms with E-state index in [0.29, 0.717) is 11.3 Å². The number of hydrogen-bond donors (Lipinski definition) is 3. The summed E-state index contributed by atoms with van der Waals surface area (Å²) < 4.78 is 0. The van der Waals surface area contributed by atoms with E-state index in [1.54, 1.807) is 6.92 Å². The number of phenolic OH excluding ortho intramolecular Hbond substituents is 1. The van der Waals surface area contributed by atoms with E-state index in [0.717, 1.165) is 0 Å². The molecule has 1 aromatic carbocycles. The molecule has 0 aliphatic heterocycles. The number of aliphatic carboxylic acids is 1. The van der Waals surface area contributed by atoms with Gasteiger partial charge in [0.2, 0.25) is 0 Å². The van der Waals surface area contributed by atoms with Crippen molar-refractivity contribution < 1.29 is 19.9 Å². The number of non-ortho nitro benzene ring substituents is 1. The van der Waals surface area contributed by atoms with Gasteiger partial charge in [0.05, 0.1) is 15.8 Å². The molecule has 0 amide bonds. The number of rotatable bonds is 4. The number of carboxylic acids is 1. The lowest BCUT2D eigenvalue weighted by Gasteiger charge is -2.01. The van der Waals surface area contributed by atoms with Crippen LogP contribution in [0.4, 0.5) is 5.69 Å². The fraction of sp³-hybridized carbons (Fsp3) is 0.250. The molecule has 2 aromatic rings. The van der Waals surface area contributed by atoms with Crippen molar-refractivity contribution in [2.45, 2.75) is 19.8 Å². The number of nitrogens with one attached hydrogen (secondary N) is 1. The molecule has 0 saturated heterocycles. The molecule has 0 spiro atoms. The highest BCUT2D eigenvalue weighted by molar-refractivity contribution is 5.96. The van der Waals surface area contributed by atoms with Crippen molar-refractivity contribution in [3.05, 3.63) is 33.5 Å². The van der Waals surface area contributed by atoms with Crippen LogP contribution >= 0.6 is 0 Å². The summed E-state index contributed by atoms with van der Waals surface area (Å²) in [6, 6.07) is 2.46. The molecule has 7 heteroatoms. The molecule has 0 unspecified atom stereocenters. The third kappa shape index (κ3) is 2.22. The smallest absolute Gasteiger partial charge is 0.303 e. The largest absolute Gasteiger partial charge is 0.506 e. The first-order chi connectivity index (χ1) is 8.91. The van der Waals surface area contributed by atoms with Crippen LogP contribution in [0.3, 0.4) is 0 Å². The van der Waals surface area contributed by atoms with Crippen molar-refractivity contribution in [3.63, 3.8) is 0 Å². The highest BCUT2D eigenvalue weighted by atomic mass is 16.6. The first-order valence-corrected chi connectivity index (χ1v) is 5.61. The van der Waals surface area contributed by atoms with Gasteiger partial charge in [0.1, 0.15) is 5.75 Å². The van der Waals surface area contributed by atoms with Gasteiger partial charge < -0.3 is 15.2 Å². The Bertz CT molecular complexity index is 674. The van der Waals surface area contributed by atoms with Gasteiger partial charge in [-0.1, -0.05) is 0 Å². The summed E-state index contributed by atoms with van der Waals surface area (Å²) in [7, 11) is 0. The Kier molecular flexibility index (Phi) is 3.12. The second-order valence-corrected chi connectivity index (χ2v) is 4.23. The summed E-state index contributed by atoms with van der Waals surface area (Å²) in [5, 5.41) is 29.7. The third-order valence-electron chi connectivity index (χ3n) is 3.01. The van der Waals surface area contributed by atoms with Crippen molar-refractivity contribution in [2.24, 2.45) is 0 Å². The second-order valence-electron chi connectivity index (χ2n) is 4.23. The first kappa shape index (κ1) is 12.9. The van der Waals surface area contributed by atoms with Crippen molar-refractivity contribution in [1.82, 2.24) is 4.98 Å². The molecule has 2 rings (SSSR count). The number of aryl methyl sites for hydroxylation is 2. The number of nitro benzene ring substituents is 1. The van der Waals surface area contributed by atoms with E-state index in [1.165, 1.54) is 12.1 Å². The topological polar surface area (TPSA) is 116 Å². The minimum atomic E-state index is -0.975. The van der Waals surface area contributed by atoms with E-state index in [4.69, 9.17) is 5.11 Å². The van der Waals surface area contributed by atoms with Gasteiger partial charge >= 0.3 is 5.97 Å². The summed E-state index contributed by atoms with van der Waals surface area (Å²) in [5.74, 6) is -1.07. The summed E-state index contributed by atoms with van der Waals surface area (Å²) in [4.78, 5) is 24.0.